The zero-order chi connectivity index (χ0) is 11.8. The largest absolute Gasteiger partial charge is 0.315 e. The van der Waals surface area contributed by atoms with Crippen molar-refractivity contribution < 1.29 is 4.39 Å². The van der Waals surface area contributed by atoms with Crippen LogP contribution in [0.4, 0.5) is 4.39 Å². The monoisotopic (exact) mass is 233 g/mol. The van der Waals surface area contributed by atoms with Gasteiger partial charge in [-0.15, -0.1) is 0 Å². The zero-order valence-corrected chi connectivity index (χ0v) is 9.91. The van der Waals surface area contributed by atoms with E-state index in [1.165, 1.54) is 6.07 Å². The van der Waals surface area contributed by atoms with E-state index in [4.69, 9.17) is 0 Å². The van der Waals surface area contributed by atoms with Crippen molar-refractivity contribution in [1.29, 1.82) is 0 Å². The number of benzene rings is 1. The summed E-state index contributed by atoms with van der Waals surface area (Å²) >= 11 is 0. The highest BCUT2D eigenvalue weighted by Gasteiger charge is 2.20. The van der Waals surface area contributed by atoms with Crippen LogP contribution in [0.25, 0.3) is 10.9 Å². The van der Waals surface area contributed by atoms with Gasteiger partial charge in [0.25, 0.3) is 0 Å². The van der Waals surface area contributed by atoms with Gasteiger partial charge in [-0.3, -0.25) is 4.68 Å². The van der Waals surface area contributed by atoms with Crippen LogP contribution in [0.15, 0.2) is 18.2 Å². The van der Waals surface area contributed by atoms with Crippen molar-refractivity contribution in [3.8, 4) is 0 Å². The summed E-state index contributed by atoms with van der Waals surface area (Å²) in [5.74, 6) is -0.173. The highest BCUT2D eigenvalue weighted by atomic mass is 19.1. The first-order valence-electron chi connectivity index (χ1n) is 6.11. The van der Waals surface area contributed by atoms with E-state index in [2.05, 4.69) is 10.4 Å². The minimum Gasteiger partial charge on any atom is -0.315 e. The van der Waals surface area contributed by atoms with Crippen LogP contribution in [-0.2, 0) is 0 Å². The molecule has 1 aromatic heterocycles. The molecule has 4 heteroatoms. The Labute approximate surface area is 99.6 Å². The van der Waals surface area contributed by atoms with Crippen LogP contribution in [-0.4, -0.2) is 22.9 Å². The summed E-state index contributed by atoms with van der Waals surface area (Å²) < 4.78 is 15.8. The van der Waals surface area contributed by atoms with E-state index >= 15 is 0 Å². The predicted octanol–water partition coefficient (Wildman–Crippen LogP) is 2.41. The van der Waals surface area contributed by atoms with E-state index in [0.717, 1.165) is 37.0 Å². The van der Waals surface area contributed by atoms with Gasteiger partial charge >= 0.3 is 0 Å². The first-order chi connectivity index (χ1) is 8.27. The van der Waals surface area contributed by atoms with Crippen LogP contribution in [0.5, 0.6) is 0 Å². The molecule has 3 nitrogen and oxygen atoms in total. The molecule has 1 aliphatic heterocycles. The number of piperidine rings is 1. The van der Waals surface area contributed by atoms with Crippen molar-refractivity contribution in [1.82, 2.24) is 15.1 Å². The predicted molar refractivity (Wildman–Crippen MR) is 65.6 cm³/mol. The summed E-state index contributed by atoms with van der Waals surface area (Å²) in [5, 5.41) is 8.78. The Bertz CT molecular complexity index is 541. The molecular formula is C13H16FN3. The number of aromatic nitrogens is 2. The summed E-state index contributed by atoms with van der Waals surface area (Å²) in [7, 11) is 0. The molecule has 1 N–H and O–H groups in total. The highest BCUT2D eigenvalue weighted by Crippen LogP contribution is 2.26. The summed E-state index contributed by atoms with van der Waals surface area (Å²) in [5.41, 5.74) is 1.56. The maximum atomic E-state index is 13.9. The molecule has 1 aliphatic rings. The molecule has 90 valence electrons. The number of hydrogen-bond donors (Lipinski definition) is 1. The lowest BCUT2D eigenvalue weighted by Crippen LogP contribution is -2.32. The molecule has 1 saturated heterocycles. The number of fused-ring (bicyclic) bond motifs is 1. The van der Waals surface area contributed by atoms with E-state index in [1.54, 1.807) is 6.07 Å². The lowest BCUT2D eigenvalue weighted by Gasteiger charge is -2.23. The lowest BCUT2D eigenvalue weighted by atomic mass is 10.1. The number of aryl methyl sites for hydroxylation is 1. The quantitative estimate of drug-likeness (QED) is 0.819. The van der Waals surface area contributed by atoms with Gasteiger partial charge in [0.1, 0.15) is 11.3 Å². The number of para-hydroxylation sites is 1. The van der Waals surface area contributed by atoms with Gasteiger partial charge in [0.2, 0.25) is 0 Å². The summed E-state index contributed by atoms with van der Waals surface area (Å²) in [4.78, 5) is 0. The molecule has 0 spiro atoms. The van der Waals surface area contributed by atoms with Gasteiger partial charge in [-0.2, -0.15) is 5.10 Å². The third kappa shape index (κ3) is 1.72. The molecule has 1 fully saturated rings. The third-order valence-electron chi connectivity index (χ3n) is 3.48. The maximum absolute atomic E-state index is 13.9. The van der Waals surface area contributed by atoms with Crippen molar-refractivity contribution in [2.45, 2.75) is 25.8 Å². The Balaban J connectivity index is 2.15. The first kappa shape index (κ1) is 10.7. The van der Waals surface area contributed by atoms with Gasteiger partial charge in [0.05, 0.1) is 11.7 Å². The Morgan fingerprint density at radius 1 is 1.47 bits per heavy atom. The summed E-state index contributed by atoms with van der Waals surface area (Å²) in [6.45, 7) is 3.87. The molecule has 2 aromatic rings. The standard InChI is InChI=1S/C13H16FN3/c1-9-11-5-2-6-12(14)13(11)17(16-9)10-4-3-7-15-8-10/h2,5-6,10,15H,3-4,7-8H2,1H3. The van der Waals surface area contributed by atoms with E-state index in [-0.39, 0.29) is 11.9 Å². The normalized spacial score (nSPS) is 20.9. The summed E-state index contributed by atoms with van der Waals surface area (Å²) in [6, 6.07) is 5.47. The van der Waals surface area contributed by atoms with E-state index in [0.29, 0.717) is 5.52 Å². The second-order valence-electron chi connectivity index (χ2n) is 4.67. The summed E-state index contributed by atoms with van der Waals surface area (Å²) in [6.07, 6.45) is 2.19. The minimum atomic E-state index is -0.173. The second-order valence-corrected chi connectivity index (χ2v) is 4.67. The van der Waals surface area contributed by atoms with Crippen LogP contribution >= 0.6 is 0 Å². The van der Waals surface area contributed by atoms with Gasteiger partial charge in [-0.05, 0) is 32.4 Å². The Morgan fingerprint density at radius 2 is 2.35 bits per heavy atom. The lowest BCUT2D eigenvalue weighted by molar-refractivity contribution is 0.351. The smallest absolute Gasteiger partial charge is 0.149 e. The maximum Gasteiger partial charge on any atom is 0.149 e. The van der Waals surface area contributed by atoms with Gasteiger partial charge in [-0.1, -0.05) is 12.1 Å². The molecule has 0 bridgehead atoms. The number of hydrogen-bond acceptors (Lipinski definition) is 2. The first-order valence-corrected chi connectivity index (χ1v) is 6.11. The highest BCUT2D eigenvalue weighted by molar-refractivity contribution is 5.82. The average molecular weight is 233 g/mol. The molecule has 1 atom stereocenters. The second kappa shape index (κ2) is 4.11. The SMILES string of the molecule is Cc1nn(C2CCCNC2)c2c(F)cccc12. The number of halogens is 1. The number of rotatable bonds is 1. The van der Waals surface area contributed by atoms with Crippen molar-refractivity contribution >= 4 is 10.9 Å². The molecule has 0 amide bonds. The van der Waals surface area contributed by atoms with Crippen LogP contribution in [0, 0.1) is 12.7 Å². The van der Waals surface area contributed by atoms with Crippen LogP contribution in [0.3, 0.4) is 0 Å². The van der Waals surface area contributed by atoms with Crippen molar-refractivity contribution in [2.24, 2.45) is 0 Å². The Kier molecular flexibility index (Phi) is 2.59. The van der Waals surface area contributed by atoms with E-state index in [9.17, 15) is 4.39 Å². The van der Waals surface area contributed by atoms with Crippen LogP contribution < -0.4 is 5.32 Å². The van der Waals surface area contributed by atoms with E-state index in [1.807, 2.05) is 17.7 Å². The third-order valence-corrected chi connectivity index (χ3v) is 3.48. The molecular weight excluding hydrogens is 217 g/mol. The van der Waals surface area contributed by atoms with Gasteiger partial charge in [0, 0.05) is 11.9 Å². The molecule has 1 aromatic carbocycles. The minimum absolute atomic E-state index is 0.173. The molecule has 17 heavy (non-hydrogen) atoms. The topological polar surface area (TPSA) is 29.9 Å². The van der Waals surface area contributed by atoms with Crippen molar-refractivity contribution in [3.05, 3.63) is 29.7 Å². The molecule has 0 saturated carbocycles. The van der Waals surface area contributed by atoms with Gasteiger partial charge in [-0.25, -0.2) is 4.39 Å². The van der Waals surface area contributed by atoms with Gasteiger partial charge in [0.15, 0.2) is 0 Å². The molecule has 2 heterocycles. The van der Waals surface area contributed by atoms with Crippen molar-refractivity contribution in [3.63, 3.8) is 0 Å². The number of nitrogens with one attached hydrogen (secondary N) is 1. The average Bonchev–Trinajstić information content (AvgIpc) is 2.70. The molecule has 0 radical (unpaired) electrons. The molecule has 3 rings (SSSR count). The zero-order valence-electron chi connectivity index (χ0n) is 9.91. The number of nitrogens with zero attached hydrogens (tertiary/aromatic N) is 2. The van der Waals surface area contributed by atoms with Crippen LogP contribution in [0.2, 0.25) is 0 Å². The Morgan fingerprint density at radius 3 is 3.12 bits per heavy atom. The Hall–Kier alpha value is -1.42. The fraction of sp³-hybridized carbons (Fsp3) is 0.462. The molecule has 1 unspecified atom stereocenters. The van der Waals surface area contributed by atoms with E-state index < -0.39 is 0 Å². The van der Waals surface area contributed by atoms with Gasteiger partial charge < -0.3 is 5.32 Å². The van der Waals surface area contributed by atoms with Crippen molar-refractivity contribution in [2.75, 3.05) is 13.1 Å². The fourth-order valence-electron chi connectivity index (χ4n) is 2.61. The fourth-order valence-corrected chi connectivity index (χ4v) is 2.61. The molecule has 0 aliphatic carbocycles. The van der Waals surface area contributed by atoms with Crippen LogP contribution in [0.1, 0.15) is 24.6 Å².